The Morgan fingerprint density at radius 3 is 3.00 bits per heavy atom. The van der Waals surface area contributed by atoms with Crippen molar-refractivity contribution < 1.29 is 14.3 Å². The van der Waals surface area contributed by atoms with E-state index in [1.807, 2.05) is 22.7 Å². The van der Waals surface area contributed by atoms with Crippen LogP contribution in [-0.4, -0.2) is 51.8 Å². The summed E-state index contributed by atoms with van der Waals surface area (Å²) in [5.41, 5.74) is -0.652. The Bertz CT molecular complexity index is 577. The van der Waals surface area contributed by atoms with E-state index in [9.17, 15) is 9.59 Å². The minimum absolute atomic E-state index is 0.0849. The predicted octanol–water partition coefficient (Wildman–Crippen LogP) is 1.18. The van der Waals surface area contributed by atoms with Gasteiger partial charge in [-0.15, -0.1) is 0 Å². The second kappa shape index (κ2) is 5.72. The molecule has 1 N–H and O–H groups in total. The van der Waals surface area contributed by atoms with Crippen molar-refractivity contribution in [2.75, 3.05) is 25.0 Å². The van der Waals surface area contributed by atoms with Gasteiger partial charge in [0.05, 0.1) is 6.04 Å². The van der Waals surface area contributed by atoms with Gasteiger partial charge in [0, 0.05) is 38.9 Å². The van der Waals surface area contributed by atoms with Crippen LogP contribution in [0.25, 0.3) is 0 Å². The van der Waals surface area contributed by atoms with Gasteiger partial charge in [-0.1, -0.05) is 0 Å². The van der Waals surface area contributed by atoms with Crippen LogP contribution in [0, 0.1) is 0 Å². The monoisotopic (exact) mass is 306 g/mol. The van der Waals surface area contributed by atoms with Crippen molar-refractivity contribution in [1.29, 1.82) is 0 Å². The Balaban J connectivity index is 1.63. The number of aromatic nitrogens is 2. The Kier molecular flexibility index (Phi) is 3.90. The number of hydrogen-bond donors (Lipinski definition) is 1. The van der Waals surface area contributed by atoms with Gasteiger partial charge in [0.15, 0.2) is 5.82 Å². The first-order chi connectivity index (χ1) is 10.5. The molecule has 2 aliphatic heterocycles. The van der Waals surface area contributed by atoms with Crippen LogP contribution >= 0.6 is 0 Å². The van der Waals surface area contributed by atoms with E-state index in [1.54, 1.807) is 6.07 Å². The lowest BCUT2D eigenvalue weighted by atomic mass is 10.0. The summed E-state index contributed by atoms with van der Waals surface area (Å²) in [5.74, 6) is 0.491. The molecule has 0 bridgehead atoms. The zero-order valence-electron chi connectivity index (χ0n) is 13.0. The van der Waals surface area contributed by atoms with E-state index >= 15 is 0 Å². The summed E-state index contributed by atoms with van der Waals surface area (Å²) >= 11 is 0. The van der Waals surface area contributed by atoms with Gasteiger partial charge in [-0.3, -0.25) is 14.3 Å². The molecule has 22 heavy (non-hydrogen) atoms. The lowest BCUT2D eigenvalue weighted by Gasteiger charge is -2.28. The molecule has 0 unspecified atom stereocenters. The summed E-state index contributed by atoms with van der Waals surface area (Å²) in [7, 11) is 0. The van der Waals surface area contributed by atoms with Crippen LogP contribution in [0.1, 0.15) is 39.2 Å². The highest BCUT2D eigenvalue weighted by Crippen LogP contribution is 2.30. The third-order valence-corrected chi connectivity index (χ3v) is 4.41. The fourth-order valence-corrected chi connectivity index (χ4v) is 3.21. The first kappa shape index (κ1) is 15.0. The standard InChI is InChI=1S/C15H22N4O3/c1-11(20)16-13-5-8-19(17-13)12-4-7-18(10-12)14(21)15(2)6-3-9-22-15/h5,8,12H,3-4,6-7,9-10H2,1-2H3,(H,16,17,20)/t12-,15+/m1/s1. The first-order valence-corrected chi connectivity index (χ1v) is 7.74. The molecule has 2 saturated heterocycles. The minimum Gasteiger partial charge on any atom is -0.365 e. The molecule has 7 nitrogen and oxygen atoms in total. The molecule has 2 fully saturated rings. The molecule has 3 heterocycles. The van der Waals surface area contributed by atoms with Gasteiger partial charge in [0.1, 0.15) is 5.60 Å². The Hall–Kier alpha value is -1.89. The van der Waals surface area contributed by atoms with E-state index in [1.165, 1.54) is 6.92 Å². The van der Waals surface area contributed by atoms with Crippen LogP contribution in [0.15, 0.2) is 12.3 Å². The van der Waals surface area contributed by atoms with Crippen molar-refractivity contribution in [2.45, 2.75) is 44.8 Å². The maximum Gasteiger partial charge on any atom is 0.254 e. The smallest absolute Gasteiger partial charge is 0.254 e. The highest BCUT2D eigenvalue weighted by Gasteiger charge is 2.42. The largest absolute Gasteiger partial charge is 0.365 e. The van der Waals surface area contributed by atoms with E-state index in [0.717, 1.165) is 25.8 Å². The van der Waals surface area contributed by atoms with E-state index in [0.29, 0.717) is 19.0 Å². The van der Waals surface area contributed by atoms with Crippen molar-refractivity contribution in [3.8, 4) is 0 Å². The summed E-state index contributed by atoms with van der Waals surface area (Å²) in [4.78, 5) is 25.5. The van der Waals surface area contributed by atoms with Gasteiger partial charge in [-0.2, -0.15) is 5.10 Å². The number of carbonyl (C=O) groups excluding carboxylic acids is 2. The number of ether oxygens (including phenoxy) is 1. The summed E-state index contributed by atoms with van der Waals surface area (Å²) in [6, 6.07) is 1.92. The first-order valence-electron chi connectivity index (χ1n) is 7.74. The number of carbonyl (C=O) groups is 2. The van der Waals surface area contributed by atoms with Crippen molar-refractivity contribution in [2.24, 2.45) is 0 Å². The molecule has 0 saturated carbocycles. The molecule has 2 aliphatic rings. The van der Waals surface area contributed by atoms with E-state index in [-0.39, 0.29) is 17.9 Å². The molecule has 0 aliphatic carbocycles. The number of anilines is 1. The molecule has 7 heteroatoms. The number of likely N-dealkylation sites (tertiary alicyclic amines) is 1. The molecule has 1 aromatic rings. The summed E-state index contributed by atoms with van der Waals surface area (Å²) in [5, 5.41) is 7.02. The highest BCUT2D eigenvalue weighted by molar-refractivity contribution is 5.87. The van der Waals surface area contributed by atoms with Gasteiger partial charge >= 0.3 is 0 Å². The van der Waals surface area contributed by atoms with Gasteiger partial charge in [0.25, 0.3) is 5.91 Å². The summed E-state index contributed by atoms with van der Waals surface area (Å²) in [6.07, 6.45) is 4.45. The molecule has 0 radical (unpaired) electrons. The second-order valence-electron chi connectivity index (χ2n) is 6.24. The van der Waals surface area contributed by atoms with E-state index < -0.39 is 5.60 Å². The molecule has 0 aromatic carbocycles. The number of hydrogen-bond acceptors (Lipinski definition) is 4. The van der Waals surface area contributed by atoms with Crippen LogP contribution in [0.4, 0.5) is 5.82 Å². The molecular weight excluding hydrogens is 284 g/mol. The molecular formula is C15H22N4O3. The lowest BCUT2D eigenvalue weighted by Crippen LogP contribution is -2.45. The number of amides is 2. The second-order valence-corrected chi connectivity index (χ2v) is 6.24. The van der Waals surface area contributed by atoms with Crippen molar-refractivity contribution in [3.05, 3.63) is 12.3 Å². The average molecular weight is 306 g/mol. The topological polar surface area (TPSA) is 76.5 Å². The van der Waals surface area contributed by atoms with Crippen molar-refractivity contribution in [1.82, 2.24) is 14.7 Å². The van der Waals surface area contributed by atoms with Gasteiger partial charge < -0.3 is 15.0 Å². The Labute approximate surface area is 129 Å². The molecule has 1 aromatic heterocycles. The van der Waals surface area contributed by atoms with Crippen LogP contribution in [0.5, 0.6) is 0 Å². The van der Waals surface area contributed by atoms with Crippen molar-refractivity contribution in [3.63, 3.8) is 0 Å². The quantitative estimate of drug-likeness (QED) is 0.910. The maximum atomic E-state index is 12.6. The normalized spacial score (nSPS) is 28.1. The minimum atomic E-state index is -0.652. The van der Waals surface area contributed by atoms with Crippen LogP contribution in [0.2, 0.25) is 0 Å². The van der Waals surface area contributed by atoms with Crippen LogP contribution < -0.4 is 5.32 Å². The zero-order chi connectivity index (χ0) is 15.7. The van der Waals surface area contributed by atoms with Gasteiger partial charge in [0.2, 0.25) is 5.91 Å². The van der Waals surface area contributed by atoms with Crippen molar-refractivity contribution >= 4 is 17.6 Å². The Morgan fingerprint density at radius 2 is 2.32 bits per heavy atom. The van der Waals surface area contributed by atoms with E-state index in [2.05, 4.69) is 10.4 Å². The Morgan fingerprint density at radius 1 is 1.50 bits per heavy atom. The van der Waals surface area contributed by atoms with E-state index in [4.69, 9.17) is 4.74 Å². The molecule has 2 atom stereocenters. The zero-order valence-corrected chi connectivity index (χ0v) is 13.0. The van der Waals surface area contributed by atoms with Crippen LogP contribution in [0.3, 0.4) is 0 Å². The molecule has 120 valence electrons. The lowest BCUT2D eigenvalue weighted by molar-refractivity contribution is -0.149. The fourth-order valence-electron chi connectivity index (χ4n) is 3.21. The average Bonchev–Trinajstić information content (AvgIpc) is 3.17. The molecule has 3 rings (SSSR count). The maximum absolute atomic E-state index is 12.6. The third kappa shape index (κ3) is 2.85. The highest BCUT2D eigenvalue weighted by atomic mass is 16.5. The SMILES string of the molecule is CC(=O)Nc1ccn([C@@H]2CCN(C(=O)[C@]3(C)CCCO3)C2)n1. The third-order valence-electron chi connectivity index (χ3n) is 4.41. The molecule has 0 spiro atoms. The summed E-state index contributed by atoms with van der Waals surface area (Å²) in [6.45, 7) is 5.37. The fraction of sp³-hybridized carbons (Fsp3) is 0.667. The van der Waals surface area contributed by atoms with Crippen LogP contribution in [-0.2, 0) is 14.3 Å². The number of nitrogens with zero attached hydrogens (tertiary/aromatic N) is 3. The number of rotatable bonds is 3. The predicted molar refractivity (Wildman–Crippen MR) is 80.4 cm³/mol. The number of nitrogens with one attached hydrogen (secondary N) is 1. The van der Waals surface area contributed by atoms with Gasteiger partial charge in [-0.25, -0.2) is 0 Å². The summed E-state index contributed by atoms with van der Waals surface area (Å²) < 4.78 is 7.47. The molecule has 2 amide bonds. The van der Waals surface area contributed by atoms with Gasteiger partial charge in [-0.05, 0) is 26.2 Å².